The molecule has 1 atom stereocenters. The summed E-state index contributed by atoms with van der Waals surface area (Å²) in [6.07, 6.45) is -0.729. The summed E-state index contributed by atoms with van der Waals surface area (Å²) < 4.78 is 6.00. The van der Waals surface area contributed by atoms with Crippen molar-refractivity contribution in [1.82, 2.24) is 5.32 Å². The van der Waals surface area contributed by atoms with Crippen LogP contribution in [-0.2, 0) is 4.74 Å². The first kappa shape index (κ1) is 13.8. The Hall–Kier alpha value is -1.59. The van der Waals surface area contributed by atoms with Gasteiger partial charge in [-0.25, -0.2) is 4.79 Å². The smallest absolute Gasteiger partial charge is 0.404 e. The molecule has 102 valence electrons. The van der Waals surface area contributed by atoms with Crippen LogP contribution in [0.2, 0.25) is 0 Å². The lowest BCUT2D eigenvalue weighted by atomic mass is 10.1. The lowest BCUT2D eigenvalue weighted by molar-refractivity contribution is 0.156. The second-order valence-electron chi connectivity index (χ2n) is 4.43. The van der Waals surface area contributed by atoms with E-state index in [9.17, 15) is 4.79 Å². The van der Waals surface area contributed by atoms with E-state index in [1.165, 1.54) is 20.5 Å². The van der Waals surface area contributed by atoms with Crippen LogP contribution in [0.4, 0.5) is 4.79 Å². The lowest BCUT2D eigenvalue weighted by Crippen LogP contribution is -2.25. The number of primary amides is 1. The highest BCUT2D eigenvalue weighted by Gasteiger charge is 2.13. The predicted molar refractivity (Wildman–Crippen MR) is 78.5 cm³/mol. The number of amides is 1. The number of hydrogen-bond acceptors (Lipinski definition) is 4. The molecule has 1 aromatic carbocycles. The van der Waals surface area contributed by atoms with Crippen molar-refractivity contribution in [3.05, 3.63) is 34.7 Å². The van der Waals surface area contributed by atoms with Crippen molar-refractivity contribution in [3.8, 4) is 0 Å². The molecule has 0 spiro atoms. The van der Waals surface area contributed by atoms with Crippen molar-refractivity contribution in [2.75, 3.05) is 13.2 Å². The molecule has 5 heteroatoms. The minimum Gasteiger partial charge on any atom is -0.448 e. The molecule has 2 aromatic rings. The summed E-state index contributed by atoms with van der Waals surface area (Å²) in [6, 6.07) is 8.63. The van der Waals surface area contributed by atoms with Crippen LogP contribution in [0, 0.1) is 6.92 Å². The van der Waals surface area contributed by atoms with Gasteiger partial charge in [0.25, 0.3) is 0 Å². The van der Waals surface area contributed by atoms with Crippen LogP contribution in [0.3, 0.4) is 0 Å². The third-order valence-corrected chi connectivity index (χ3v) is 4.53. The third kappa shape index (κ3) is 3.24. The Morgan fingerprint density at radius 2 is 2.21 bits per heavy atom. The lowest BCUT2D eigenvalue weighted by Gasteiger charge is -2.13. The number of nitrogens with one attached hydrogen (secondary N) is 1. The average Bonchev–Trinajstić information content (AvgIpc) is 2.72. The van der Waals surface area contributed by atoms with Gasteiger partial charge in [-0.3, -0.25) is 0 Å². The molecule has 2 rings (SSSR count). The number of hydrogen-bond donors (Lipinski definition) is 2. The van der Waals surface area contributed by atoms with Crippen molar-refractivity contribution in [2.24, 2.45) is 5.73 Å². The summed E-state index contributed by atoms with van der Waals surface area (Å²) >= 11 is 1.80. The predicted octanol–water partition coefficient (Wildman–Crippen LogP) is 2.96. The van der Waals surface area contributed by atoms with E-state index in [-0.39, 0.29) is 6.04 Å². The molecule has 0 saturated heterocycles. The van der Waals surface area contributed by atoms with Gasteiger partial charge in [-0.1, -0.05) is 18.2 Å². The van der Waals surface area contributed by atoms with Crippen LogP contribution in [0.5, 0.6) is 0 Å². The topological polar surface area (TPSA) is 64.3 Å². The normalized spacial score (nSPS) is 12.5. The summed E-state index contributed by atoms with van der Waals surface area (Å²) in [4.78, 5) is 11.8. The Balaban J connectivity index is 2.03. The summed E-state index contributed by atoms with van der Waals surface area (Å²) in [7, 11) is 0. The molecule has 0 aliphatic heterocycles. The Kier molecular flexibility index (Phi) is 4.39. The van der Waals surface area contributed by atoms with Crippen LogP contribution in [0.1, 0.15) is 23.4 Å². The van der Waals surface area contributed by atoms with Gasteiger partial charge in [0.15, 0.2) is 0 Å². The summed E-state index contributed by atoms with van der Waals surface area (Å²) in [5.41, 5.74) is 6.22. The van der Waals surface area contributed by atoms with Crippen molar-refractivity contribution in [1.29, 1.82) is 0 Å². The van der Waals surface area contributed by atoms with Crippen LogP contribution in [0.25, 0.3) is 10.1 Å². The molecule has 1 unspecified atom stereocenters. The van der Waals surface area contributed by atoms with Crippen LogP contribution >= 0.6 is 11.3 Å². The van der Waals surface area contributed by atoms with Gasteiger partial charge in [-0.05, 0) is 30.9 Å². The van der Waals surface area contributed by atoms with Crippen LogP contribution in [0.15, 0.2) is 24.3 Å². The van der Waals surface area contributed by atoms with Gasteiger partial charge in [0, 0.05) is 22.2 Å². The molecule has 0 bridgehead atoms. The molecule has 0 fully saturated rings. The van der Waals surface area contributed by atoms with E-state index in [1.54, 1.807) is 11.3 Å². The van der Waals surface area contributed by atoms with Gasteiger partial charge in [-0.15, -0.1) is 11.3 Å². The standard InChI is InChI=1S/C14H18N2O2S/c1-9-11-5-3-4-6-12(11)19-13(9)10(2)16-7-8-18-14(15)17/h3-6,10,16H,7-8H2,1-2H3,(H2,15,17). The third-order valence-electron chi connectivity index (χ3n) is 3.07. The van der Waals surface area contributed by atoms with Gasteiger partial charge in [0.1, 0.15) is 6.61 Å². The van der Waals surface area contributed by atoms with E-state index in [0.29, 0.717) is 13.2 Å². The summed E-state index contributed by atoms with van der Waals surface area (Å²) in [6.45, 7) is 5.15. The van der Waals surface area contributed by atoms with Crippen LogP contribution in [-0.4, -0.2) is 19.2 Å². The molecule has 19 heavy (non-hydrogen) atoms. The van der Waals surface area contributed by atoms with Crippen molar-refractivity contribution in [2.45, 2.75) is 19.9 Å². The molecule has 0 radical (unpaired) electrons. The maximum absolute atomic E-state index is 10.5. The summed E-state index contributed by atoms with van der Waals surface area (Å²) in [5, 5.41) is 4.64. The second kappa shape index (κ2) is 6.04. The van der Waals surface area contributed by atoms with Gasteiger partial charge in [-0.2, -0.15) is 0 Å². The maximum Gasteiger partial charge on any atom is 0.404 e. The maximum atomic E-state index is 10.5. The average molecular weight is 278 g/mol. The largest absolute Gasteiger partial charge is 0.448 e. The zero-order valence-corrected chi connectivity index (χ0v) is 11.9. The van der Waals surface area contributed by atoms with Crippen molar-refractivity contribution >= 4 is 27.5 Å². The Morgan fingerprint density at radius 3 is 2.89 bits per heavy atom. The fourth-order valence-corrected chi connectivity index (χ4v) is 3.36. The van der Waals surface area contributed by atoms with Crippen molar-refractivity contribution in [3.63, 3.8) is 0 Å². The molecule has 4 nitrogen and oxygen atoms in total. The molecule has 1 amide bonds. The van der Waals surface area contributed by atoms with Crippen molar-refractivity contribution < 1.29 is 9.53 Å². The fraction of sp³-hybridized carbons (Fsp3) is 0.357. The first-order valence-electron chi connectivity index (χ1n) is 6.23. The number of carbonyl (C=O) groups excluding carboxylic acids is 1. The van der Waals surface area contributed by atoms with Gasteiger partial charge in [0.2, 0.25) is 0 Å². The number of benzene rings is 1. The highest BCUT2D eigenvalue weighted by Crippen LogP contribution is 2.34. The second-order valence-corrected chi connectivity index (χ2v) is 5.51. The number of carbonyl (C=O) groups is 1. The first-order valence-corrected chi connectivity index (χ1v) is 7.05. The SMILES string of the molecule is Cc1c(C(C)NCCOC(N)=O)sc2ccccc12. The van der Waals surface area contributed by atoms with Gasteiger partial charge < -0.3 is 15.8 Å². The van der Waals surface area contributed by atoms with E-state index < -0.39 is 6.09 Å². The molecule has 1 aromatic heterocycles. The Labute approximate surface area is 116 Å². The zero-order chi connectivity index (χ0) is 13.8. The van der Waals surface area contributed by atoms with Gasteiger partial charge in [0.05, 0.1) is 0 Å². The highest BCUT2D eigenvalue weighted by molar-refractivity contribution is 7.19. The van der Waals surface area contributed by atoms with E-state index in [2.05, 4.69) is 43.4 Å². The number of fused-ring (bicyclic) bond motifs is 1. The summed E-state index contributed by atoms with van der Waals surface area (Å²) in [5.74, 6) is 0. The van der Waals surface area contributed by atoms with Gasteiger partial charge >= 0.3 is 6.09 Å². The molecular formula is C14H18N2O2S. The number of nitrogens with two attached hydrogens (primary N) is 1. The monoisotopic (exact) mass is 278 g/mol. The van der Waals surface area contributed by atoms with Crippen LogP contribution < -0.4 is 11.1 Å². The molecular weight excluding hydrogens is 260 g/mol. The number of ether oxygens (including phenoxy) is 1. The molecule has 0 saturated carbocycles. The van der Waals surface area contributed by atoms with E-state index in [0.717, 1.165) is 0 Å². The number of aryl methyl sites for hydroxylation is 1. The minimum atomic E-state index is -0.729. The Bertz CT molecular complexity index is 580. The highest BCUT2D eigenvalue weighted by atomic mass is 32.1. The molecule has 0 aliphatic rings. The van der Waals surface area contributed by atoms with E-state index >= 15 is 0 Å². The zero-order valence-electron chi connectivity index (χ0n) is 11.1. The minimum absolute atomic E-state index is 0.230. The fourth-order valence-electron chi connectivity index (χ4n) is 2.13. The molecule has 3 N–H and O–H groups in total. The van der Waals surface area contributed by atoms with E-state index in [4.69, 9.17) is 10.5 Å². The quantitative estimate of drug-likeness (QED) is 0.826. The molecule has 1 heterocycles. The number of thiophene rings is 1. The number of rotatable bonds is 5. The first-order chi connectivity index (χ1) is 9.09. The van der Waals surface area contributed by atoms with E-state index in [1.807, 2.05) is 0 Å². The Morgan fingerprint density at radius 1 is 1.47 bits per heavy atom. The molecule has 0 aliphatic carbocycles.